The van der Waals surface area contributed by atoms with Gasteiger partial charge >= 0.3 is 0 Å². The predicted molar refractivity (Wildman–Crippen MR) is 131 cm³/mol. The van der Waals surface area contributed by atoms with Gasteiger partial charge in [-0.25, -0.2) is 5.43 Å². The highest BCUT2D eigenvalue weighted by atomic mass is 16.7. The standard InChI is InChI=1S/C16H18N2O.C12H8O3/c1-12-8-13(2)10-15(9-12)16(19)18-17-11-14-6-4-3-5-7-14;13-10-3-2-9(10)5-8-1-4-11-12(6-8)15-7-14-11/h3-10,17H,11H2,1-2H3,(H,18,19);1-6H,7H2. The lowest BCUT2D eigenvalue weighted by atomic mass is 9.98. The van der Waals surface area contributed by atoms with Crippen LogP contribution >= 0.6 is 0 Å². The van der Waals surface area contributed by atoms with Gasteiger partial charge in [-0.1, -0.05) is 53.6 Å². The van der Waals surface area contributed by atoms with Crippen LogP contribution in [0.1, 0.15) is 32.6 Å². The van der Waals surface area contributed by atoms with E-state index in [-0.39, 0.29) is 18.5 Å². The number of fused-ring (bicyclic) bond motifs is 1. The lowest BCUT2D eigenvalue weighted by Gasteiger charge is -2.08. The Hall–Kier alpha value is -4.16. The molecule has 6 heteroatoms. The van der Waals surface area contributed by atoms with Crippen LogP contribution in [0.2, 0.25) is 0 Å². The van der Waals surface area contributed by atoms with Crippen LogP contribution in [0.3, 0.4) is 0 Å². The maximum Gasteiger partial charge on any atom is 0.265 e. The molecule has 1 aliphatic carbocycles. The Balaban J connectivity index is 0.000000165. The summed E-state index contributed by atoms with van der Waals surface area (Å²) in [6.07, 6.45) is 5.19. The first-order chi connectivity index (χ1) is 16.5. The number of carbonyl (C=O) groups excluding carboxylic acids is 2. The summed E-state index contributed by atoms with van der Waals surface area (Å²) in [6.45, 7) is 4.86. The molecule has 0 saturated heterocycles. The van der Waals surface area contributed by atoms with Crippen molar-refractivity contribution in [3.05, 3.63) is 112 Å². The number of hydrazine groups is 1. The fourth-order valence-electron chi connectivity index (χ4n) is 3.55. The van der Waals surface area contributed by atoms with Gasteiger partial charge in [0.25, 0.3) is 5.91 Å². The van der Waals surface area contributed by atoms with Crippen LogP contribution in [-0.2, 0) is 11.3 Å². The maximum absolute atomic E-state index is 12.0. The molecule has 34 heavy (non-hydrogen) atoms. The number of amides is 1. The molecule has 0 saturated carbocycles. The molecule has 1 amide bonds. The second-order valence-electron chi connectivity index (χ2n) is 8.08. The van der Waals surface area contributed by atoms with Crippen molar-refractivity contribution in [3.63, 3.8) is 0 Å². The first kappa shape index (κ1) is 23.0. The van der Waals surface area contributed by atoms with Gasteiger partial charge in [0.15, 0.2) is 17.3 Å². The van der Waals surface area contributed by atoms with E-state index in [0.717, 1.165) is 39.3 Å². The summed E-state index contributed by atoms with van der Waals surface area (Å²) in [4.78, 5) is 23.0. The molecule has 172 valence electrons. The minimum absolute atomic E-state index is 0.0765. The highest BCUT2D eigenvalue weighted by Gasteiger charge is 2.15. The third-order valence-corrected chi connectivity index (χ3v) is 5.24. The fraction of sp³-hybridized carbons (Fsp3) is 0.143. The van der Waals surface area contributed by atoms with E-state index in [9.17, 15) is 9.59 Å². The number of benzene rings is 3. The molecule has 0 unspecified atom stereocenters. The summed E-state index contributed by atoms with van der Waals surface area (Å²) in [7, 11) is 0. The lowest BCUT2D eigenvalue weighted by molar-refractivity contribution is -0.111. The van der Waals surface area contributed by atoms with Crippen LogP contribution in [0.5, 0.6) is 11.5 Å². The second-order valence-corrected chi connectivity index (χ2v) is 8.08. The highest BCUT2D eigenvalue weighted by molar-refractivity contribution is 6.16. The Bertz CT molecular complexity index is 1240. The van der Waals surface area contributed by atoms with Crippen LogP contribution < -0.4 is 20.3 Å². The fourth-order valence-corrected chi connectivity index (χ4v) is 3.55. The molecule has 5 rings (SSSR count). The molecule has 3 aromatic carbocycles. The Kier molecular flexibility index (Phi) is 7.20. The number of allylic oxidation sites excluding steroid dienone is 3. The molecule has 1 aliphatic heterocycles. The quantitative estimate of drug-likeness (QED) is 0.433. The van der Waals surface area contributed by atoms with Crippen LogP contribution in [0.25, 0.3) is 6.08 Å². The number of carbonyl (C=O) groups is 2. The molecular weight excluding hydrogens is 428 g/mol. The van der Waals surface area contributed by atoms with E-state index in [2.05, 4.69) is 10.9 Å². The van der Waals surface area contributed by atoms with Gasteiger partial charge in [0.2, 0.25) is 6.79 Å². The summed E-state index contributed by atoms with van der Waals surface area (Å²) in [6, 6.07) is 21.4. The minimum atomic E-state index is -0.109. The normalized spacial score (nSPS) is 14.3. The first-order valence-electron chi connectivity index (χ1n) is 11.0. The van der Waals surface area contributed by atoms with Crippen molar-refractivity contribution < 1.29 is 19.1 Å². The van der Waals surface area contributed by atoms with Crippen LogP contribution in [-0.4, -0.2) is 18.5 Å². The van der Waals surface area contributed by atoms with Gasteiger partial charge in [-0.15, -0.1) is 0 Å². The number of ketones is 1. The van der Waals surface area contributed by atoms with Gasteiger partial charge in [-0.05, 0) is 67.5 Å². The lowest BCUT2D eigenvalue weighted by Crippen LogP contribution is -2.36. The third kappa shape index (κ3) is 5.99. The second kappa shape index (κ2) is 10.6. The van der Waals surface area contributed by atoms with Crippen molar-refractivity contribution in [2.75, 3.05) is 6.79 Å². The molecule has 0 radical (unpaired) electrons. The molecule has 0 atom stereocenters. The van der Waals surface area contributed by atoms with Crippen molar-refractivity contribution in [2.45, 2.75) is 20.4 Å². The molecule has 0 fully saturated rings. The first-order valence-corrected chi connectivity index (χ1v) is 11.0. The molecular formula is C28H26N2O4. The van der Waals surface area contributed by atoms with E-state index < -0.39 is 0 Å². The number of hydrogen-bond donors (Lipinski definition) is 2. The topological polar surface area (TPSA) is 76.7 Å². The SMILES string of the molecule is Cc1cc(C)cc(C(=O)NNCc2ccccc2)c1.O=C1C=CC1=Cc1ccc2c(c1)OCO2. The zero-order chi connectivity index (χ0) is 23.9. The summed E-state index contributed by atoms with van der Waals surface area (Å²) in [5, 5.41) is 0. The number of hydrogen-bond acceptors (Lipinski definition) is 5. The predicted octanol–water partition coefficient (Wildman–Crippen LogP) is 4.68. The van der Waals surface area contributed by atoms with E-state index in [0.29, 0.717) is 12.1 Å². The third-order valence-electron chi connectivity index (χ3n) is 5.24. The Labute approximate surface area is 198 Å². The van der Waals surface area contributed by atoms with E-state index in [1.54, 1.807) is 12.2 Å². The van der Waals surface area contributed by atoms with Crippen molar-refractivity contribution in [2.24, 2.45) is 0 Å². The summed E-state index contributed by atoms with van der Waals surface area (Å²) < 4.78 is 10.4. The zero-order valence-electron chi connectivity index (χ0n) is 19.1. The molecule has 0 spiro atoms. The average Bonchev–Trinajstić information content (AvgIpc) is 3.30. The largest absolute Gasteiger partial charge is 0.454 e. The van der Waals surface area contributed by atoms with E-state index in [1.807, 2.05) is 86.7 Å². The zero-order valence-corrected chi connectivity index (χ0v) is 19.1. The van der Waals surface area contributed by atoms with Gasteiger partial charge in [0, 0.05) is 17.7 Å². The van der Waals surface area contributed by atoms with E-state index in [1.165, 1.54) is 0 Å². The molecule has 2 aliphatic rings. The number of rotatable bonds is 5. The number of ether oxygens (including phenoxy) is 2. The molecule has 0 bridgehead atoms. The van der Waals surface area contributed by atoms with Crippen LogP contribution in [0.15, 0.2) is 84.5 Å². The number of nitrogens with one attached hydrogen (secondary N) is 2. The molecule has 2 N–H and O–H groups in total. The molecule has 0 aromatic heterocycles. The molecule has 6 nitrogen and oxygen atoms in total. The summed E-state index contributed by atoms with van der Waals surface area (Å²) >= 11 is 0. The van der Waals surface area contributed by atoms with E-state index >= 15 is 0 Å². The van der Waals surface area contributed by atoms with Gasteiger partial charge in [-0.3, -0.25) is 15.0 Å². The smallest absolute Gasteiger partial charge is 0.265 e. The molecule has 1 heterocycles. The maximum atomic E-state index is 12.0. The van der Waals surface area contributed by atoms with Crippen molar-refractivity contribution in [1.82, 2.24) is 10.9 Å². The molecule has 3 aromatic rings. The Morgan fingerprint density at radius 2 is 1.65 bits per heavy atom. The highest BCUT2D eigenvalue weighted by Crippen LogP contribution is 2.33. The van der Waals surface area contributed by atoms with Crippen molar-refractivity contribution in [1.29, 1.82) is 0 Å². The Morgan fingerprint density at radius 3 is 2.32 bits per heavy atom. The van der Waals surface area contributed by atoms with Crippen molar-refractivity contribution >= 4 is 17.8 Å². The van der Waals surface area contributed by atoms with Gasteiger partial charge in [-0.2, -0.15) is 0 Å². The van der Waals surface area contributed by atoms with Crippen molar-refractivity contribution in [3.8, 4) is 11.5 Å². The summed E-state index contributed by atoms with van der Waals surface area (Å²) in [5.41, 5.74) is 11.3. The van der Waals surface area contributed by atoms with Gasteiger partial charge in [0.05, 0.1) is 0 Å². The Morgan fingerprint density at radius 1 is 0.912 bits per heavy atom. The monoisotopic (exact) mass is 454 g/mol. The minimum Gasteiger partial charge on any atom is -0.454 e. The van der Waals surface area contributed by atoms with Crippen LogP contribution in [0, 0.1) is 13.8 Å². The number of aryl methyl sites for hydroxylation is 2. The summed E-state index contributed by atoms with van der Waals surface area (Å²) in [5.74, 6) is 1.46. The van der Waals surface area contributed by atoms with Gasteiger partial charge in [0.1, 0.15) is 0 Å². The van der Waals surface area contributed by atoms with Gasteiger partial charge < -0.3 is 9.47 Å². The van der Waals surface area contributed by atoms with E-state index in [4.69, 9.17) is 9.47 Å². The average molecular weight is 455 g/mol. The van der Waals surface area contributed by atoms with Crippen LogP contribution in [0.4, 0.5) is 0 Å².